The second kappa shape index (κ2) is 17.9. The molecule has 0 spiro atoms. The molecule has 0 atom stereocenters. The van der Waals surface area contributed by atoms with Crippen molar-refractivity contribution in [2.45, 2.75) is 90.9 Å². The highest BCUT2D eigenvalue weighted by molar-refractivity contribution is 7.99. The maximum absolute atomic E-state index is 2.40. The van der Waals surface area contributed by atoms with Crippen LogP contribution in [0.5, 0.6) is 0 Å². The molecule has 0 aliphatic heterocycles. The molecule has 0 saturated heterocycles. The number of rotatable bonds is 16. The third kappa shape index (κ3) is 18.6. The zero-order chi connectivity index (χ0) is 15.8. The molecule has 0 amide bonds. The minimum atomic E-state index is 0. The van der Waals surface area contributed by atoms with Crippen molar-refractivity contribution < 1.29 is 16.9 Å². The van der Waals surface area contributed by atoms with Gasteiger partial charge in [-0.1, -0.05) is 71.6 Å². The minimum Gasteiger partial charge on any atom is -1.00 e. The van der Waals surface area contributed by atoms with Crippen LogP contribution in [0.4, 0.5) is 0 Å². The maximum Gasteiger partial charge on any atom is 0.125 e. The number of nitrogens with zero attached hydrogens (tertiary/aromatic N) is 1. The van der Waals surface area contributed by atoms with E-state index in [2.05, 4.69) is 39.7 Å². The molecule has 0 aromatic rings. The zero-order valence-electron chi connectivity index (χ0n) is 15.8. The van der Waals surface area contributed by atoms with Gasteiger partial charge in [0.15, 0.2) is 0 Å². The molecular formula is C19H42ClNS. The van der Waals surface area contributed by atoms with Gasteiger partial charge >= 0.3 is 0 Å². The molecule has 136 valence electrons. The first-order valence-corrected chi connectivity index (χ1v) is 10.7. The van der Waals surface area contributed by atoms with Crippen LogP contribution in [-0.4, -0.2) is 36.8 Å². The molecule has 0 unspecified atom stereocenters. The van der Waals surface area contributed by atoms with E-state index in [4.69, 9.17) is 0 Å². The summed E-state index contributed by atoms with van der Waals surface area (Å²) < 4.78 is 1.20. The van der Waals surface area contributed by atoms with Crippen LogP contribution in [0.25, 0.3) is 0 Å². The molecule has 0 fully saturated rings. The standard InChI is InChI=1S/C19H42NS.ClH/c1-5-7-9-11-12-13-14-15-17-20(3,4)19-21-18-16-10-8-6-2;/h5-19H2,1-4H3;1H/q+1;/p-1. The van der Waals surface area contributed by atoms with E-state index in [0.717, 1.165) is 0 Å². The number of quaternary nitrogens is 1. The van der Waals surface area contributed by atoms with E-state index in [-0.39, 0.29) is 12.4 Å². The fourth-order valence-corrected chi connectivity index (χ4v) is 3.84. The van der Waals surface area contributed by atoms with Crippen molar-refractivity contribution in [1.29, 1.82) is 0 Å². The summed E-state index contributed by atoms with van der Waals surface area (Å²) in [6, 6.07) is 0. The molecule has 0 N–H and O–H groups in total. The third-order valence-electron chi connectivity index (χ3n) is 4.20. The molecule has 22 heavy (non-hydrogen) atoms. The number of unbranched alkanes of at least 4 members (excludes halogenated alkanes) is 10. The number of hydrogen-bond donors (Lipinski definition) is 0. The third-order valence-corrected chi connectivity index (χ3v) is 5.66. The summed E-state index contributed by atoms with van der Waals surface area (Å²) in [5, 5.41) is 0. The second-order valence-electron chi connectivity index (χ2n) is 7.23. The van der Waals surface area contributed by atoms with Crippen molar-refractivity contribution in [3.05, 3.63) is 0 Å². The highest BCUT2D eigenvalue weighted by Gasteiger charge is 2.13. The highest BCUT2D eigenvalue weighted by atomic mass is 35.5. The smallest absolute Gasteiger partial charge is 0.125 e. The van der Waals surface area contributed by atoms with E-state index >= 15 is 0 Å². The van der Waals surface area contributed by atoms with Crippen molar-refractivity contribution in [3.63, 3.8) is 0 Å². The van der Waals surface area contributed by atoms with Gasteiger partial charge in [0.1, 0.15) is 5.88 Å². The summed E-state index contributed by atoms with van der Waals surface area (Å²) in [4.78, 5) is 0. The first-order chi connectivity index (χ1) is 10.1. The Morgan fingerprint density at radius 1 is 0.636 bits per heavy atom. The van der Waals surface area contributed by atoms with Gasteiger partial charge in [0.25, 0.3) is 0 Å². The molecule has 0 saturated carbocycles. The van der Waals surface area contributed by atoms with Gasteiger partial charge in [0, 0.05) is 0 Å². The Kier molecular flexibility index (Phi) is 20.3. The van der Waals surface area contributed by atoms with Crippen LogP contribution in [0.1, 0.15) is 90.9 Å². The normalized spacial score (nSPS) is 11.5. The number of halogens is 1. The molecule has 0 aliphatic carbocycles. The topological polar surface area (TPSA) is 0 Å². The molecule has 0 bridgehead atoms. The lowest BCUT2D eigenvalue weighted by Gasteiger charge is -2.29. The van der Waals surface area contributed by atoms with Gasteiger partial charge in [-0.05, 0) is 25.0 Å². The van der Waals surface area contributed by atoms with Crippen LogP contribution < -0.4 is 12.4 Å². The summed E-state index contributed by atoms with van der Waals surface area (Å²) >= 11 is 2.16. The van der Waals surface area contributed by atoms with Crippen LogP contribution >= 0.6 is 11.8 Å². The van der Waals surface area contributed by atoms with Crippen molar-refractivity contribution in [2.24, 2.45) is 0 Å². The Morgan fingerprint density at radius 2 is 1.09 bits per heavy atom. The van der Waals surface area contributed by atoms with E-state index in [1.165, 1.54) is 99.7 Å². The van der Waals surface area contributed by atoms with Gasteiger partial charge in [-0.25, -0.2) is 0 Å². The second-order valence-corrected chi connectivity index (χ2v) is 8.31. The Morgan fingerprint density at radius 3 is 1.64 bits per heavy atom. The summed E-state index contributed by atoms with van der Waals surface area (Å²) in [5.41, 5.74) is 0. The molecule has 0 aromatic heterocycles. The monoisotopic (exact) mass is 351 g/mol. The average molecular weight is 352 g/mol. The number of hydrogen-bond acceptors (Lipinski definition) is 1. The van der Waals surface area contributed by atoms with Crippen LogP contribution in [0.15, 0.2) is 0 Å². The minimum absolute atomic E-state index is 0. The highest BCUT2D eigenvalue weighted by Crippen LogP contribution is 2.15. The van der Waals surface area contributed by atoms with Gasteiger partial charge in [-0.3, -0.25) is 0 Å². The number of thioether (sulfide) groups is 1. The van der Waals surface area contributed by atoms with Crippen LogP contribution in [0, 0.1) is 0 Å². The maximum atomic E-state index is 2.40. The summed E-state index contributed by atoms with van der Waals surface area (Å²) in [7, 11) is 4.81. The fraction of sp³-hybridized carbons (Fsp3) is 1.00. The van der Waals surface area contributed by atoms with E-state index in [1.54, 1.807) is 0 Å². The molecule has 0 heterocycles. The Bertz CT molecular complexity index is 210. The average Bonchev–Trinajstić information content (AvgIpc) is 2.45. The van der Waals surface area contributed by atoms with Gasteiger partial charge < -0.3 is 16.9 Å². The molecular weight excluding hydrogens is 310 g/mol. The summed E-state index contributed by atoms with van der Waals surface area (Å²) in [5.74, 6) is 2.65. The molecule has 1 nitrogen and oxygen atoms in total. The first-order valence-electron chi connectivity index (χ1n) is 9.52. The molecule has 0 aliphatic rings. The lowest BCUT2D eigenvalue weighted by atomic mass is 10.1. The van der Waals surface area contributed by atoms with E-state index in [0.29, 0.717) is 0 Å². The van der Waals surface area contributed by atoms with Crippen molar-refractivity contribution in [2.75, 3.05) is 32.3 Å². The summed E-state index contributed by atoms with van der Waals surface area (Å²) in [6.07, 6.45) is 17.1. The largest absolute Gasteiger partial charge is 1.00 e. The molecule has 0 aromatic carbocycles. The van der Waals surface area contributed by atoms with E-state index in [9.17, 15) is 0 Å². The lowest BCUT2D eigenvalue weighted by Crippen LogP contribution is -3.00. The predicted octanol–water partition coefficient (Wildman–Crippen LogP) is 3.48. The van der Waals surface area contributed by atoms with Crippen molar-refractivity contribution in [1.82, 2.24) is 0 Å². The summed E-state index contributed by atoms with van der Waals surface area (Å²) in [6.45, 7) is 5.94. The fourth-order valence-electron chi connectivity index (χ4n) is 2.68. The van der Waals surface area contributed by atoms with Crippen molar-refractivity contribution >= 4 is 11.8 Å². The van der Waals surface area contributed by atoms with Crippen LogP contribution in [-0.2, 0) is 0 Å². The van der Waals surface area contributed by atoms with Gasteiger partial charge in [0.2, 0.25) is 0 Å². The SMILES string of the molecule is CCCCCCCCCC[N+](C)(C)CSCCCCCC.[Cl-]. The Labute approximate surface area is 152 Å². The molecule has 3 heteroatoms. The van der Waals surface area contributed by atoms with Gasteiger partial charge in [0.05, 0.1) is 20.6 Å². The quantitative estimate of drug-likeness (QED) is 0.233. The van der Waals surface area contributed by atoms with Crippen LogP contribution in [0.2, 0.25) is 0 Å². The van der Waals surface area contributed by atoms with Gasteiger partial charge in [-0.2, -0.15) is 0 Å². The molecule has 0 rings (SSSR count). The Balaban J connectivity index is 0. The zero-order valence-corrected chi connectivity index (χ0v) is 17.4. The Hall–Kier alpha value is 0.600. The molecule has 0 radical (unpaired) electrons. The first kappa shape index (κ1) is 24.8. The van der Waals surface area contributed by atoms with Crippen LogP contribution in [0.3, 0.4) is 0 Å². The van der Waals surface area contributed by atoms with Crippen molar-refractivity contribution in [3.8, 4) is 0 Å². The van der Waals surface area contributed by atoms with Gasteiger partial charge in [-0.15, -0.1) is 11.8 Å². The predicted molar refractivity (Wildman–Crippen MR) is 101 cm³/mol. The lowest BCUT2D eigenvalue weighted by molar-refractivity contribution is -0.877. The van der Waals surface area contributed by atoms with E-state index in [1.807, 2.05) is 0 Å². The van der Waals surface area contributed by atoms with E-state index < -0.39 is 0 Å².